The molecular weight excluding hydrogens is 332 g/mol. The Morgan fingerprint density at radius 2 is 1.95 bits per heavy atom. The second-order valence-corrected chi connectivity index (χ2v) is 7.42. The number of carbonyl (C=O) groups is 3. The molecule has 1 spiro atoms. The molecule has 0 saturated carbocycles. The maximum Gasteiger partial charge on any atom is 0.268 e. The number of nitrogens with zero attached hydrogens (tertiary/aromatic N) is 2. The van der Waals surface area contributed by atoms with Gasteiger partial charge in [-0.25, -0.2) is 12.7 Å². The minimum atomic E-state index is -4.21. The van der Waals surface area contributed by atoms with Gasteiger partial charge in [-0.15, -0.1) is 0 Å². The molecule has 116 valence electrons. The Labute approximate surface area is 131 Å². The van der Waals surface area contributed by atoms with Crippen molar-refractivity contribution in [1.29, 1.82) is 0 Å². The van der Waals surface area contributed by atoms with E-state index in [-0.39, 0.29) is 15.5 Å². The van der Waals surface area contributed by atoms with E-state index >= 15 is 0 Å². The quantitative estimate of drug-likeness (QED) is 0.639. The molecule has 0 aliphatic carbocycles. The van der Waals surface area contributed by atoms with E-state index in [1.165, 1.54) is 25.2 Å². The highest BCUT2D eigenvalue weighted by Crippen LogP contribution is 2.50. The van der Waals surface area contributed by atoms with E-state index in [0.29, 0.717) is 4.31 Å². The van der Waals surface area contributed by atoms with Crippen LogP contribution in [0.2, 0.25) is 5.02 Å². The molecule has 1 aromatic carbocycles. The van der Waals surface area contributed by atoms with Crippen molar-refractivity contribution in [3.63, 3.8) is 0 Å². The number of likely N-dealkylation sites (N-methyl/N-ethyl adjacent to an activating group) is 1. The zero-order chi connectivity index (χ0) is 16.4. The number of hydrogen-bond donors (Lipinski definition) is 0. The van der Waals surface area contributed by atoms with Gasteiger partial charge in [-0.1, -0.05) is 11.6 Å². The summed E-state index contributed by atoms with van der Waals surface area (Å²) in [7, 11) is -2.95. The fourth-order valence-electron chi connectivity index (χ4n) is 3.07. The highest BCUT2D eigenvalue weighted by atomic mass is 35.5. The number of carbonyl (C=O) groups excluding carboxylic acids is 3. The number of fused-ring (bicyclic) bond motifs is 2. The minimum absolute atomic E-state index is 0.0675. The largest absolute Gasteiger partial charge is 0.283 e. The van der Waals surface area contributed by atoms with Crippen LogP contribution in [0.15, 0.2) is 23.1 Å². The van der Waals surface area contributed by atoms with Crippen LogP contribution in [0.3, 0.4) is 0 Å². The van der Waals surface area contributed by atoms with Crippen LogP contribution in [0.5, 0.6) is 0 Å². The Balaban J connectivity index is 2.43. The van der Waals surface area contributed by atoms with Crippen molar-refractivity contribution in [1.82, 2.24) is 9.21 Å². The van der Waals surface area contributed by atoms with E-state index in [4.69, 9.17) is 11.6 Å². The number of halogens is 1. The predicted molar refractivity (Wildman–Crippen MR) is 75.2 cm³/mol. The zero-order valence-electron chi connectivity index (χ0n) is 11.7. The fraction of sp³-hybridized carbons (Fsp3) is 0.308. The normalized spacial score (nSPS) is 26.0. The summed E-state index contributed by atoms with van der Waals surface area (Å²) in [6.45, 7) is 1.04. The molecular formula is C13H11ClN2O5S. The van der Waals surface area contributed by atoms with Crippen molar-refractivity contribution in [3.8, 4) is 0 Å². The van der Waals surface area contributed by atoms with E-state index < -0.39 is 39.7 Å². The van der Waals surface area contributed by atoms with E-state index in [1.54, 1.807) is 0 Å². The lowest BCUT2D eigenvalue weighted by atomic mass is 9.88. The van der Waals surface area contributed by atoms with Gasteiger partial charge in [0.25, 0.3) is 15.9 Å². The Morgan fingerprint density at radius 1 is 1.32 bits per heavy atom. The van der Waals surface area contributed by atoms with E-state index in [2.05, 4.69) is 0 Å². The summed E-state index contributed by atoms with van der Waals surface area (Å²) >= 11 is 5.92. The first-order valence-corrected chi connectivity index (χ1v) is 8.13. The Hall–Kier alpha value is -1.93. The molecule has 0 aromatic heterocycles. The predicted octanol–water partition coefficient (Wildman–Crippen LogP) is 0.475. The summed E-state index contributed by atoms with van der Waals surface area (Å²) in [6.07, 6.45) is -0.422. The van der Waals surface area contributed by atoms with Crippen molar-refractivity contribution in [3.05, 3.63) is 28.8 Å². The summed E-state index contributed by atoms with van der Waals surface area (Å²) in [4.78, 5) is 37.2. The van der Waals surface area contributed by atoms with Crippen LogP contribution < -0.4 is 0 Å². The van der Waals surface area contributed by atoms with E-state index in [1.807, 2.05) is 0 Å². The third kappa shape index (κ3) is 1.56. The average molecular weight is 343 g/mol. The highest BCUT2D eigenvalue weighted by Gasteiger charge is 2.65. The Morgan fingerprint density at radius 3 is 2.45 bits per heavy atom. The Kier molecular flexibility index (Phi) is 2.93. The lowest BCUT2D eigenvalue weighted by Crippen LogP contribution is -2.51. The van der Waals surface area contributed by atoms with Gasteiger partial charge in [0.1, 0.15) is 0 Å². The van der Waals surface area contributed by atoms with Crippen LogP contribution >= 0.6 is 11.6 Å². The average Bonchev–Trinajstić information content (AvgIpc) is 2.74. The van der Waals surface area contributed by atoms with Gasteiger partial charge >= 0.3 is 0 Å². The molecule has 0 radical (unpaired) electrons. The van der Waals surface area contributed by atoms with Crippen LogP contribution in [0.4, 0.5) is 0 Å². The van der Waals surface area contributed by atoms with Gasteiger partial charge < -0.3 is 0 Å². The molecule has 1 aromatic rings. The van der Waals surface area contributed by atoms with Crippen molar-refractivity contribution in [2.24, 2.45) is 0 Å². The smallest absolute Gasteiger partial charge is 0.268 e. The monoisotopic (exact) mass is 342 g/mol. The van der Waals surface area contributed by atoms with Crippen LogP contribution in [0, 0.1) is 0 Å². The van der Waals surface area contributed by atoms with Gasteiger partial charge in [-0.2, -0.15) is 0 Å². The third-order valence-electron chi connectivity index (χ3n) is 3.98. The molecule has 2 aliphatic heterocycles. The molecule has 0 bridgehead atoms. The number of likely N-dealkylation sites (tertiary alicyclic amines) is 1. The maximum atomic E-state index is 12.6. The molecule has 0 N–H and O–H groups in total. The SMILES string of the molecule is CC(=O)N1C2(CC(=O)N(C)C2=O)c2cc(Cl)ccc2S1(=O)=O. The number of hydrogen-bond acceptors (Lipinski definition) is 5. The van der Waals surface area contributed by atoms with Crippen molar-refractivity contribution in [2.75, 3.05) is 7.05 Å². The maximum absolute atomic E-state index is 12.6. The molecule has 7 nitrogen and oxygen atoms in total. The second kappa shape index (κ2) is 4.30. The summed E-state index contributed by atoms with van der Waals surface area (Å²) in [6, 6.07) is 3.93. The first-order valence-electron chi connectivity index (χ1n) is 6.31. The highest BCUT2D eigenvalue weighted by molar-refractivity contribution is 7.90. The summed E-state index contributed by atoms with van der Waals surface area (Å²) in [5.74, 6) is -2.14. The molecule has 1 fully saturated rings. The van der Waals surface area contributed by atoms with Crippen molar-refractivity contribution < 1.29 is 22.8 Å². The first kappa shape index (κ1) is 15.0. The number of amides is 3. The molecule has 1 atom stereocenters. The summed E-state index contributed by atoms with van der Waals surface area (Å²) < 4.78 is 25.8. The van der Waals surface area contributed by atoms with Crippen molar-refractivity contribution >= 4 is 39.3 Å². The second-order valence-electron chi connectivity index (χ2n) is 5.22. The van der Waals surface area contributed by atoms with Gasteiger partial charge in [-0.3, -0.25) is 19.3 Å². The molecule has 3 rings (SSSR count). The molecule has 3 amide bonds. The van der Waals surface area contributed by atoms with Gasteiger partial charge in [0.15, 0.2) is 5.54 Å². The lowest BCUT2D eigenvalue weighted by molar-refractivity contribution is -0.143. The topological polar surface area (TPSA) is 91.8 Å². The minimum Gasteiger partial charge on any atom is -0.283 e. The van der Waals surface area contributed by atoms with Crippen molar-refractivity contribution in [2.45, 2.75) is 23.8 Å². The van der Waals surface area contributed by atoms with Crippen LogP contribution in [-0.2, 0) is 29.9 Å². The van der Waals surface area contributed by atoms with E-state index in [9.17, 15) is 22.8 Å². The lowest BCUT2D eigenvalue weighted by Gasteiger charge is -2.30. The van der Waals surface area contributed by atoms with E-state index in [0.717, 1.165) is 11.8 Å². The standard InChI is InChI=1S/C13H11ClN2O5S/c1-7(17)16-13(6-11(18)15(2)12(13)19)9-5-8(14)3-4-10(9)22(16,20)21/h3-5H,6H2,1-2H3. The van der Waals surface area contributed by atoms with Gasteiger partial charge in [-0.05, 0) is 18.2 Å². The number of sulfonamides is 1. The number of imide groups is 1. The Bertz CT molecular complexity index is 850. The molecule has 2 heterocycles. The third-order valence-corrected chi connectivity index (χ3v) is 6.17. The first-order chi connectivity index (χ1) is 10.1. The van der Waals surface area contributed by atoms with Crippen LogP contribution in [0.25, 0.3) is 0 Å². The van der Waals surface area contributed by atoms with Gasteiger partial charge in [0.05, 0.1) is 11.3 Å². The molecule has 9 heteroatoms. The molecule has 1 unspecified atom stereocenters. The van der Waals surface area contributed by atoms with Gasteiger partial charge in [0.2, 0.25) is 11.8 Å². The number of benzene rings is 1. The number of rotatable bonds is 0. The summed E-state index contributed by atoms with van der Waals surface area (Å²) in [5, 5.41) is 0.216. The van der Waals surface area contributed by atoms with Gasteiger partial charge in [0, 0.05) is 24.6 Å². The fourth-order valence-corrected chi connectivity index (χ4v) is 5.18. The van der Waals surface area contributed by atoms with Crippen LogP contribution in [-0.4, -0.2) is 42.4 Å². The molecule has 2 aliphatic rings. The summed E-state index contributed by atoms with van der Waals surface area (Å²) in [5.41, 5.74) is -1.80. The molecule has 1 saturated heterocycles. The van der Waals surface area contributed by atoms with Crippen LogP contribution in [0.1, 0.15) is 18.9 Å². The molecule has 22 heavy (non-hydrogen) atoms. The zero-order valence-corrected chi connectivity index (χ0v) is 13.2.